The van der Waals surface area contributed by atoms with Gasteiger partial charge in [0.15, 0.2) is 0 Å². The van der Waals surface area contributed by atoms with Crippen LogP contribution in [0, 0.1) is 5.92 Å². The van der Waals surface area contributed by atoms with Gasteiger partial charge in [0.05, 0.1) is 0 Å². The monoisotopic (exact) mass is 367 g/mol. The van der Waals surface area contributed by atoms with Crippen molar-refractivity contribution in [2.75, 3.05) is 26.2 Å². The van der Waals surface area contributed by atoms with Gasteiger partial charge in [0.1, 0.15) is 0 Å². The molecule has 0 radical (unpaired) electrons. The third-order valence-corrected chi connectivity index (χ3v) is 4.75. The highest BCUT2D eigenvalue weighted by molar-refractivity contribution is 14.1. The van der Waals surface area contributed by atoms with E-state index in [1.807, 2.05) is 0 Å². The van der Waals surface area contributed by atoms with Crippen molar-refractivity contribution in [1.82, 2.24) is 13.7 Å². The van der Waals surface area contributed by atoms with E-state index in [1.165, 1.54) is 0 Å². The second-order valence-electron chi connectivity index (χ2n) is 4.98. The van der Waals surface area contributed by atoms with E-state index in [9.17, 15) is 4.79 Å². The van der Waals surface area contributed by atoms with Crippen LogP contribution in [0.2, 0.25) is 0 Å². The van der Waals surface area contributed by atoms with E-state index < -0.39 is 0 Å². The Morgan fingerprint density at radius 1 is 1.22 bits per heavy atom. The second-order valence-corrected chi connectivity index (χ2v) is 5.60. The fourth-order valence-corrected chi connectivity index (χ4v) is 3.11. The number of amides is 1. The molecule has 0 aromatic heterocycles. The zero-order valence-electron chi connectivity index (χ0n) is 11.5. The Balaban J connectivity index is 2.17. The lowest BCUT2D eigenvalue weighted by Gasteiger charge is -2.27. The van der Waals surface area contributed by atoms with Crippen molar-refractivity contribution in [3.63, 3.8) is 0 Å². The lowest BCUT2D eigenvalue weighted by Crippen LogP contribution is -2.39. The number of halogens is 1. The summed E-state index contributed by atoms with van der Waals surface area (Å²) in [5.41, 5.74) is 0. The van der Waals surface area contributed by atoms with Crippen LogP contribution >= 0.6 is 22.9 Å². The number of nitrogens with one attached hydrogen (secondary N) is 2. The molecule has 0 aromatic rings. The Kier molecular flexibility index (Phi) is 8.17. The Labute approximate surface area is 125 Å². The minimum atomic E-state index is 0.239. The number of hydrogen-bond acceptors (Lipinski definition) is 3. The molecule has 0 aliphatic heterocycles. The van der Waals surface area contributed by atoms with Crippen LogP contribution in [-0.2, 0) is 4.79 Å². The number of carbonyl (C=O) groups excluding carboxylic acids is 1. The lowest BCUT2D eigenvalue weighted by molar-refractivity contribution is -0.126. The first-order valence-corrected chi connectivity index (χ1v) is 8.15. The predicted octanol–water partition coefficient (Wildman–Crippen LogP) is 1.94. The average Bonchev–Trinajstić information content (AvgIpc) is 2.43. The van der Waals surface area contributed by atoms with Gasteiger partial charge < -0.3 is 10.2 Å². The first-order chi connectivity index (χ1) is 8.71. The van der Waals surface area contributed by atoms with E-state index in [1.54, 1.807) is 0 Å². The van der Waals surface area contributed by atoms with Gasteiger partial charge in [-0.3, -0.25) is 8.32 Å². The molecule has 0 atom stereocenters. The van der Waals surface area contributed by atoms with Gasteiger partial charge in [-0.15, -0.1) is 0 Å². The third-order valence-electron chi connectivity index (χ3n) is 3.87. The zero-order valence-corrected chi connectivity index (χ0v) is 13.7. The maximum atomic E-state index is 12.0. The van der Waals surface area contributed by atoms with E-state index in [0.29, 0.717) is 6.04 Å². The summed E-state index contributed by atoms with van der Waals surface area (Å²) in [5, 5.41) is 3.08. The molecule has 0 bridgehead atoms. The van der Waals surface area contributed by atoms with Gasteiger partial charge in [0, 0.05) is 47.9 Å². The highest BCUT2D eigenvalue weighted by Gasteiger charge is 2.25. The molecular weight excluding hydrogens is 341 g/mol. The molecule has 0 unspecified atom stereocenters. The molecule has 0 heterocycles. The highest BCUT2D eigenvalue weighted by Crippen LogP contribution is 2.24. The van der Waals surface area contributed by atoms with Crippen molar-refractivity contribution in [1.29, 1.82) is 0 Å². The third kappa shape index (κ3) is 5.40. The fourth-order valence-electron chi connectivity index (χ4n) is 2.49. The van der Waals surface area contributed by atoms with Crippen LogP contribution in [0.4, 0.5) is 0 Å². The number of likely N-dealkylation sites (N-methyl/N-ethyl adjacent to an activating group) is 1. The first kappa shape index (κ1) is 16.2. The largest absolute Gasteiger partial charge is 0.355 e. The van der Waals surface area contributed by atoms with Crippen molar-refractivity contribution in [3.8, 4) is 0 Å². The molecule has 2 N–H and O–H groups in total. The molecule has 18 heavy (non-hydrogen) atoms. The summed E-state index contributed by atoms with van der Waals surface area (Å²) < 4.78 is 3.27. The maximum absolute atomic E-state index is 12.0. The smallest absolute Gasteiger partial charge is 0.223 e. The van der Waals surface area contributed by atoms with Crippen molar-refractivity contribution < 1.29 is 4.79 Å². The van der Waals surface area contributed by atoms with Gasteiger partial charge >= 0.3 is 0 Å². The van der Waals surface area contributed by atoms with Crippen LogP contribution in [-0.4, -0.2) is 43.0 Å². The fraction of sp³-hybridized carbons (Fsp3) is 0.923. The van der Waals surface area contributed by atoms with E-state index in [2.05, 4.69) is 50.5 Å². The Morgan fingerprint density at radius 3 is 2.33 bits per heavy atom. The van der Waals surface area contributed by atoms with Crippen LogP contribution < -0.4 is 8.85 Å². The SMILES string of the molecule is CCN(CC)CCNC(=O)C1CCC(NI)CC1. The van der Waals surface area contributed by atoms with E-state index >= 15 is 0 Å². The molecule has 0 spiro atoms. The molecule has 0 saturated heterocycles. The normalized spacial score (nSPS) is 24.2. The van der Waals surface area contributed by atoms with E-state index in [4.69, 9.17) is 0 Å². The minimum absolute atomic E-state index is 0.239. The van der Waals surface area contributed by atoms with Gasteiger partial charge in [-0.05, 0) is 38.8 Å². The summed E-state index contributed by atoms with van der Waals surface area (Å²) in [5.74, 6) is 0.497. The molecule has 1 aliphatic carbocycles. The number of nitrogens with zero attached hydrogens (tertiary/aromatic N) is 1. The first-order valence-electron chi connectivity index (χ1n) is 7.07. The van der Waals surface area contributed by atoms with Crippen LogP contribution in [0.5, 0.6) is 0 Å². The molecule has 1 saturated carbocycles. The topological polar surface area (TPSA) is 44.4 Å². The number of rotatable bonds is 7. The molecular formula is C13H26IN3O. The summed E-state index contributed by atoms with van der Waals surface area (Å²) in [6.07, 6.45) is 4.30. The number of hydrogen-bond donors (Lipinski definition) is 2. The van der Waals surface area contributed by atoms with Gasteiger partial charge in [0.25, 0.3) is 0 Å². The molecule has 4 nitrogen and oxygen atoms in total. The van der Waals surface area contributed by atoms with Gasteiger partial charge in [-0.1, -0.05) is 13.8 Å². The molecule has 1 aliphatic rings. The molecule has 1 amide bonds. The van der Waals surface area contributed by atoms with Crippen LogP contribution in [0.25, 0.3) is 0 Å². The lowest BCUT2D eigenvalue weighted by atomic mass is 9.86. The summed E-state index contributed by atoms with van der Waals surface area (Å²) in [7, 11) is 0. The van der Waals surface area contributed by atoms with Crippen LogP contribution in [0.3, 0.4) is 0 Å². The molecule has 1 rings (SSSR count). The van der Waals surface area contributed by atoms with Gasteiger partial charge in [0.2, 0.25) is 5.91 Å². The maximum Gasteiger partial charge on any atom is 0.223 e. The Hall–Kier alpha value is 0.120. The molecule has 0 aromatic carbocycles. The summed E-state index contributed by atoms with van der Waals surface area (Å²) in [6.45, 7) is 8.17. The Bertz CT molecular complexity index is 238. The second kappa shape index (κ2) is 9.09. The molecule has 106 valence electrons. The standard InChI is InChI=1S/C13H26IN3O/c1-3-17(4-2)10-9-15-13(18)11-5-7-12(16-14)8-6-11/h11-12,16H,3-10H2,1-2H3,(H,15,18). The van der Waals surface area contributed by atoms with Crippen LogP contribution in [0.15, 0.2) is 0 Å². The number of carbonyl (C=O) groups is 1. The van der Waals surface area contributed by atoms with Gasteiger partial charge in [-0.2, -0.15) is 0 Å². The zero-order chi connectivity index (χ0) is 13.4. The average molecular weight is 367 g/mol. The van der Waals surface area contributed by atoms with Crippen LogP contribution in [0.1, 0.15) is 39.5 Å². The van der Waals surface area contributed by atoms with E-state index in [0.717, 1.165) is 51.9 Å². The summed E-state index contributed by atoms with van der Waals surface area (Å²) in [6, 6.07) is 0.602. The van der Waals surface area contributed by atoms with Crippen molar-refractivity contribution in [2.45, 2.75) is 45.6 Å². The quantitative estimate of drug-likeness (QED) is 0.534. The highest BCUT2D eigenvalue weighted by atomic mass is 127. The van der Waals surface area contributed by atoms with E-state index in [-0.39, 0.29) is 11.8 Å². The Morgan fingerprint density at radius 2 is 1.83 bits per heavy atom. The predicted molar refractivity (Wildman–Crippen MR) is 83.7 cm³/mol. The molecule has 1 fully saturated rings. The van der Waals surface area contributed by atoms with Crippen molar-refractivity contribution >= 4 is 28.8 Å². The molecule has 5 heteroatoms. The van der Waals surface area contributed by atoms with Gasteiger partial charge in [-0.25, -0.2) is 0 Å². The summed E-state index contributed by atoms with van der Waals surface area (Å²) >= 11 is 2.21. The summed E-state index contributed by atoms with van der Waals surface area (Å²) in [4.78, 5) is 14.3. The minimum Gasteiger partial charge on any atom is -0.355 e. The van der Waals surface area contributed by atoms with Crippen molar-refractivity contribution in [2.24, 2.45) is 5.92 Å². The van der Waals surface area contributed by atoms with Crippen molar-refractivity contribution in [3.05, 3.63) is 0 Å².